The fourth-order valence-electron chi connectivity index (χ4n) is 4.73. The van der Waals surface area contributed by atoms with Gasteiger partial charge in [-0.1, -0.05) is 0 Å². The van der Waals surface area contributed by atoms with Crippen LogP contribution in [-0.4, -0.2) is 42.9 Å². The van der Waals surface area contributed by atoms with Gasteiger partial charge in [0.2, 0.25) is 11.5 Å². The van der Waals surface area contributed by atoms with Gasteiger partial charge in [0.15, 0.2) is 17.3 Å². The van der Waals surface area contributed by atoms with Gasteiger partial charge < -0.3 is 23.7 Å². The lowest BCUT2D eigenvalue weighted by molar-refractivity contribution is -0.135. The molecular formula is C27H26N2O7. The van der Waals surface area contributed by atoms with Gasteiger partial charge in [-0.25, -0.2) is 0 Å². The largest absolute Gasteiger partial charge is 0.493 e. The second kappa shape index (κ2) is 9.07. The van der Waals surface area contributed by atoms with Crippen molar-refractivity contribution in [2.75, 3.05) is 21.3 Å². The summed E-state index contributed by atoms with van der Waals surface area (Å²) in [5.41, 5.74) is 2.56. The Kier molecular flexibility index (Phi) is 5.91. The maximum absolute atomic E-state index is 13.3. The Balaban J connectivity index is 1.60. The first-order chi connectivity index (χ1) is 17.4. The minimum Gasteiger partial charge on any atom is -0.493 e. The summed E-state index contributed by atoms with van der Waals surface area (Å²) in [5, 5.41) is 4.43. The number of ketones is 1. The van der Waals surface area contributed by atoms with Gasteiger partial charge in [-0.15, -0.1) is 0 Å². The molecule has 5 rings (SSSR count). The van der Waals surface area contributed by atoms with Crippen LogP contribution in [0.1, 0.15) is 59.4 Å². The zero-order chi connectivity index (χ0) is 25.6. The van der Waals surface area contributed by atoms with Crippen molar-refractivity contribution in [3.63, 3.8) is 0 Å². The molecule has 0 saturated carbocycles. The van der Waals surface area contributed by atoms with Crippen LogP contribution in [0.3, 0.4) is 0 Å². The van der Waals surface area contributed by atoms with Gasteiger partial charge in [0.05, 0.1) is 33.3 Å². The second-order valence-corrected chi connectivity index (χ2v) is 8.78. The van der Waals surface area contributed by atoms with Crippen LogP contribution < -0.4 is 23.7 Å². The van der Waals surface area contributed by atoms with Crippen molar-refractivity contribution in [1.82, 2.24) is 9.78 Å². The number of rotatable bonds is 6. The van der Waals surface area contributed by atoms with E-state index >= 15 is 0 Å². The lowest BCUT2D eigenvalue weighted by Gasteiger charge is -2.27. The Morgan fingerprint density at radius 2 is 1.75 bits per heavy atom. The van der Waals surface area contributed by atoms with Crippen LogP contribution in [0.5, 0.6) is 28.7 Å². The molecule has 3 heterocycles. The number of aromatic nitrogens is 2. The van der Waals surface area contributed by atoms with Crippen molar-refractivity contribution in [3.8, 4) is 28.7 Å². The summed E-state index contributed by atoms with van der Waals surface area (Å²) in [4.78, 5) is 25.8. The van der Waals surface area contributed by atoms with E-state index in [9.17, 15) is 9.59 Å². The number of hydrogen-bond donors (Lipinski definition) is 0. The van der Waals surface area contributed by atoms with E-state index in [0.29, 0.717) is 45.4 Å². The molecule has 0 bridgehead atoms. The normalized spacial score (nSPS) is 17.5. The third-order valence-electron chi connectivity index (χ3n) is 6.31. The molecule has 3 aromatic rings. The van der Waals surface area contributed by atoms with Crippen molar-refractivity contribution in [3.05, 3.63) is 64.7 Å². The van der Waals surface area contributed by atoms with E-state index in [0.717, 1.165) is 5.69 Å². The number of benzene rings is 2. The molecule has 2 aliphatic rings. The predicted octanol–water partition coefficient (Wildman–Crippen LogP) is 4.55. The molecule has 0 spiro atoms. The van der Waals surface area contributed by atoms with Crippen molar-refractivity contribution in [2.24, 2.45) is 0 Å². The molecule has 0 amide bonds. The van der Waals surface area contributed by atoms with Gasteiger partial charge in [-0.05, 0) is 55.8 Å². The molecule has 1 unspecified atom stereocenters. The maximum atomic E-state index is 13.3. The van der Waals surface area contributed by atoms with E-state index in [2.05, 4.69) is 5.10 Å². The number of allylic oxidation sites excluding steroid dienone is 1. The third kappa shape index (κ3) is 3.77. The average Bonchev–Trinajstić information content (AvgIpc) is 3.48. The van der Waals surface area contributed by atoms with Crippen molar-refractivity contribution in [1.29, 1.82) is 0 Å². The number of carbonyl (C=O) groups is 2. The zero-order valence-electron chi connectivity index (χ0n) is 20.7. The minimum absolute atomic E-state index is 0.0891. The lowest BCUT2D eigenvalue weighted by atomic mass is 9.87. The Hall–Kier alpha value is -4.27. The number of carbonyl (C=O) groups excluding carboxylic acids is 2. The Morgan fingerprint density at radius 1 is 1.03 bits per heavy atom. The number of hydrogen-bond acceptors (Lipinski definition) is 8. The summed E-state index contributed by atoms with van der Waals surface area (Å²) in [6.07, 6.45) is 3.45. The number of Topliss-reactive ketones (excluding diaryl/α,β-unsaturated/α-hetero) is 1. The summed E-state index contributed by atoms with van der Waals surface area (Å²) in [5.74, 6) is 1.30. The van der Waals surface area contributed by atoms with Crippen LogP contribution in [0.25, 0.3) is 6.08 Å². The van der Waals surface area contributed by atoms with Crippen molar-refractivity contribution >= 4 is 17.8 Å². The van der Waals surface area contributed by atoms with Gasteiger partial charge in [-0.2, -0.15) is 5.10 Å². The Bertz CT molecular complexity index is 1380. The maximum Gasteiger partial charge on any atom is 0.312 e. The highest BCUT2D eigenvalue weighted by atomic mass is 16.5. The Morgan fingerprint density at radius 3 is 2.39 bits per heavy atom. The molecule has 9 nitrogen and oxygen atoms in total. The van der Waals surface area contributed by atoms with E-state index < -0.39 is 0 Å². The molecule has 36 heavy (non-hydrogen) atoms. The molecule has 0 saturated heterocycles. The average molecular weight is 491 g/mol. The minimum atomic E-state index is -0.366. The van der Waals surface area contributed by atoms with E-state index in [4.69, 9.17) is 23.7 Å². The number of nitrogens with zero attached hydrogens (tertiary/aromatic N) is 2. The van der Waals surface area contributed by atoms with E-state index in [1.165, 1.54) is 21.3 Å². The van der Waals surface area contributed by atoms with Gasteiger partial charge in [0.25, 0.3) is 0 Å². The molecule has 0 aliphatic carbocycles. The van der Waals surface area contributed by atoms with Crippen LogP contribution in [0.4, 0.5) is 0 Å². The highest BCUT2D eigenvalue weighted by Crippen LogP contribution is 2.49. The SMILES string of the molecule is COc1cc(/C=C2\Oc3c(ccc4c3C(c3ccnn3C(C)C)CC(=O)O4)C2=O)cc(OC)c1OC. The quantitative estimate of drug-likeness (QED) is 0.282. The summed E-state index contributed by atoms with van der Waals surface area (Å²) in [6.45, 7) is 4.04. The fraction of sp³-hybridized carbons (Fsp3) is 0.296. The van der Waals surface area contributed by atoms with E-state index in [-0.39, 0.29) is 35.9 Å². The molecule has 0 radical (unpaired) electrons. The molecule has 186 valence electrons. The molecule has 1 aromatic heterocycles. The van der Waals surface area contributed by atoms with E-state index in [1.807, 2.05) is 24.6 Å². The first kappa shape index (κ1) is 23.5. The molecule has 0 fully saturated rings. The molecule has 0 N–H and O–H groups in total. The number of methoxy groups -OCH3 is 3. The van der Waals surface area contributed by atoms with Gasteiger partial charge in [0, 0.05) is 29.4 Å². The fourth-order valence-corrected chi connectivity index (χ4v) is 4.73. The summed E-state index contributed by atoms with van der Waals surface area (Å²) in [7, 11) is 4.57. The molecular weight excluding hydrogens is 464 g/mol. The molecule has 9 heteroatoms. The van der Waals surface area contributed by atoms with Gasteiger partial charge in [-0.3, -0.25) is 14.3 Å². The lowest BCUT2D eigenvalue weighted by Crippen LogP contribution is -2.24. The van der Waals surface area contributed by atoms with Crippen molar-refractivity contribution in [2.45, 2.75) is 32.2 Å². The molecule has 2 aromatic carbocycles. The van der Waals surface area contributed by atoms with Crippen LogP contribution in [0.15, 0.2) is 42.3 Å². The van der Waals surface area contributed by atoms with E-state index in [1.54, 1.807) is 36.5 Å². The monoisotopic (exact) mass is 490 g/mol. The van der Waals surface area contributed by atoms with Crippen molar-refractivity contribution < 1.29 is 33.3 Å². The highest BCUT2D eigenvalue weighted by molar-refractivity contribution is 6.15. The predicted molar refractivity (Wildman–Crippen MR) is 130 cm³/mol. The summed E-state index contributed by atoms with van der Waals surface area (Å²) < 4.78 is 29.8. The highest BCUT2D eigenvalue weighted by Gasteiger charge is 2.39. The standard InChI is InChI=1S/C27H26N2O7/c1-14(2)29-18(8-9-28-29)17-13-23(30)35-19-7-6-16-25(31)20(36-26(16)24(17)19)10-15-11-21(32-3)27(34-5)22(12-15)33-4/h6-12,14,17H,13H2,1-5H3/b20-10-. The zero-order valence-corrected chi connectivity index (χ0v) is 20.7. The topological polar surface area (TPSA) is 98.1 Å². The molecule has 2 aliphatic heterocycles. The Labute approximate surface area is 208 Å². The van der Waals surface area contributed by atoms with Crippen LogP contribution in [-0.2, 0) is 4.79 Å². The number of fused-ring (bicyclic) bond motifs is 3. The third-order valence-corrected chi connectivity index (χ3v) is 6.31. The number of esters is 1. The summed E-state index contributed by atoms with van der Waals surface area (Å²) >= 11 is 0. The van der Waals surface area contributed by atoms with Gasteiger partial charge >= 0.3 is 5.97 Å². The molecule has 1 atom stereocenters. The first-order valence-corrected chi connectivity index (χ1v) is 11.5. The van der Waals surface area contributed by atoms with Crippen LogP contribution >= 0.6 is 0 Å². The van der Waals surface area contributed by atoms with Gasteiger partial charge in [0.1, 0.15) is 11.5 Å². The smallest absolute Gasteiger partial charge is 0.312 e. The number of ether oxygens (including phenoxy) is 5. The second-order valence-electron chi connectivity index (χ2n) is 8.78. The van der Waals surface area contributed by atoms with Crippen LogP contribution in [0, 0.1) is 0 Å². The summed E-state index contributed by atoms with van der Waals surface area (Å²) in [6, 6.07) is 8.71. The van der Waals surface area contributed by atoms with Crippen LogP contribution in [0.2, 0.25) is 0 Å². The first-order valence-electron chi connectivity index (χ1n) is 11.5.